The van der Waals surface area contributed by atoms with E-state index in [9.17, 15) is 13.2 Å². The number of nitrogens with one attached hydrogen (secondary N) is 1. The van der Waals surface area contributed by atoms with E-state index in [4.69, 9.17) is 12.2 Å². The molecule has 0 saturated carbocycles. The molecule has 17 heavy (non-hydrogen) atoms. The molecule has 0 rings (SSSR count). The molecule has 3 N–H and O–H groups in total. The molecule has 0 radical (unpaired) electrons. The summed E-state index contributed by atoms with van der Waals surface area (Å²) >= 11 is 0. The fraction of sp³-hybridized carbons (Fsp3) is 0.727. The Hall–Kier alpha value is -1.06. The van der Waals surface area contributed by atoms with Crippen molar-refractivity contribution < 1.29 is 13.2 Å². The lowest BCUT2D eigenvalue weighted by molar-refractivity contribution is -0.123. The van der Waals surface area contributed by atoms with Gasteiger partial charge in [0.25, 0.3) is 0 Å². The van der Waals surface area contributed by atoms with Crippen LogP contribution in [0.3, 0.4) is 0 Å². The first kappa shape index (κ1) is 15.9. The van der Waals surface area contributed by atoms with Crippen LogP contribution in [-0.4, -0.2) is 38.4 Å². The van der Waals surface area contributed by atoms with E-state index in [-0.39, 0.29) is 24.1 Å². The molecule has 0 aliphatic rings. The molecule has 0 aliphatic heterocycles. The van der Waals surface area contributed by atoms with Crippen molar-refractivity contribution in [3.05, 3.63) is 0 Å². The Morgan fingerprint density at radius 2 is 2.12 bits per heavy atom. The van der Waals surface area contributed by atoms with Gasteiger partial charge in [-0.1, -0.05) is 6.92 Å². The van der Waals surface area contributed by atoms with Crippen molar-refractivity contribution >= 4 is 15.7 Å². The highest BCUT2D eigenvalue weighted by Crippen LogP contribution is 1.99. The Morgan fingerprint density at radius 1 is 1.53 bits per heavy atom. The van der Waals surface area contributed by atoms with Crippen LogP contribution in [0.15, 0.2) is 0 Å². The Morgan fingerprint density at radius 3 is 2.53 bits per heavy atom. The van der Waals surface area contributed by atoms with Gasteiger partial charge in [-0.15, -0.1) is 12.3 Å². The lowest BCUT2D eigenvalue weighted by Crippen LogP contribution is -2.45. The third kappa shape index (κ3) is 7.77. The summed E-state index contributed by atoms with van der Waals surface area (Å²) in [5.41, 5.74) is 5.60. The Balaban J connectivity index is 4.18. The molecule has 2 atom stereocenters. The van der Waals surface area contributed by atoms with Crippen LogP contribution in [0.5, 0.6) is 0 Å². The standard InChI is InChI=1S/C11H20N2O3S/c1-4-6-9(5-2)13-11(14)10(12)7-8-17(3,15)16/h1,9-10H,5-8,12H2,2-3H3,(H,13,14). The number of carbonyl (C=O) groups is 1. The zero-order valence-electron chi connectivity index (χ0n) is 10.3. The van der Waals surface area contributed by atoms with Crippen LogP contribution in [0.4, 0.5) is 0 Å². The summed E-state index contributed by atoms with van der Waals surface area (Å²) in [6.07, 6.45) is 7.56. The average molecular weight is 260 g/mol. The van der Waals surface area contributed by atoms with E-state index < -0.39 is 15.9 Å². The minimum absolute atomic E-state index is 0.0898. The van der Waals surface area contributed by atoms with Crippen molar-refractivity contribution in [2.45, 2.75) is 38.3 Å². The molecule has 98 valence electrons. The molecule has 6 heteroatoms. The number of amides is 1. The second kappa shape index (κ2) is 7.30. The first-order valence-electron chi connectivity index (χ1n) is 5.47. The average Bonchev–Trinajstić information content (AvgIpc) is 2.23. The summed E-state index contributed by atoms with van der Waals surface area (Å²) in [5, 5.41) is 2.70. The molecule has 0 heterocycles. The van der Waals surface area contributed by atoms with Gasteiger partial charge in [-0.25, -0.2) is 8.42 Å². The van der Waals surface area contributed by atoms with Crippen molar-refractivity contribution in [1.29, 1.82) is 0 Å². The molecule has 0 spiro atoms. The normalized spacial score (nSPS) is 14.7. The van der Waals surface area contributed by atoms with Gasteiger partial charge in [-0.3, -0.25) is 4.79 Å². The number of terminal acetylenes is 1. The highest BCUT2D eigenvalue weighted by molar-refractivity contribution is 7.90. The summed E-state index contributed by atoms with van der Waals surface area (Å²) in [6.45, 7) is 1.91. The Kier molecular flexibility index (Phi) is 6.85. The van der Waals surface area contributed by atoms with E-state index in [2.05, 4.69) is 11.2 Å². The molecule has 0 saturated heterocycles. The quantitative estimate of drug-likeness (QED) is 0.613. The van der Waals surface area contributed by atoms with Gasteiger partial charge in [0.2, 0.25) is 5.91 Å². The second-order valence-corrected chi connectivity index (χ2v) is 6.31. The molecular formula is C11H20N2O3S. The minimum Gasteiger partial charge on any atom is -0.351 e. The Labute approximate surface area is 103 Å². The van der Waals surface area contributed by atoms with Gasteiger partial charge in [0.15, 0.2) is 0 Å². The number of hydrogen-bond acceptors (Lipinski definition) is 4. The van der Waals surface area contributed by atoms with Gasteiger partial charge in [-0.2, -0.15) is 0 Å². The van der Waals surface area contributed by atoms with Gasteiger partial charge in [0.1, 0.15) is 9.84 Å². The van der Waals surface area contributed by atoms with Crippen LogP contribution in [0, 0.1) is 12.3 Å². The highest BCUT2D eigenvalue weighted by Gasteiger charge is 2.18. The lowest BCUT2D eigenvalue weighted by Gasteiger charge is -2.17. The third-order valence-electron chi connectivity index (χ3n) is 2.34. The molecule has 0 bridgehead atoms. The summed E-state index contributed by atoms with van der Waals surface area (Å²) in [4.78, 5) is 11.6. The number of carbonyl (C=O) groups excluding carboxylic acids is 1. The number of hydrogen-bond donors (Lipinski definition) is 2. The molecule has 2 unspecified atom stereocenters. The second-order valence-electron chi connectivity index (χ2n) is 4.05. The molecule has 0 aliphatic carbocycles. The van der Waals surface area contributed by atoms with Gasteiger partial charge in [0.05, 0.1) is 11.8 Å². The number of nitrogens with two attached hydrogens (primary N) is 1. The predicted octanol–water partition coefficient (Wildman–Crippen LogP) is -0.333. The monoisotopic (exact) mass is 260 g/mol. The van der Waals surface area contributed by atoms with Crippen LogP contribution >= 0.6 is 0 Å². The van der Waals surface area contributed by atoms with Crippen LogP contribution < -0.4 is 11.1 Å². The molecule has 0 aromatic heterocycles. The molecule has 0 aromatic rings. The third-order valence-corrected chi connectivity index (χ3v) is 3.32. The van der Waals surface area contributed by atoms with Crippen LogP contribution in [0.25, 0.3) is 0 Å². The molecule has 1 amide bonds. The zero-order valence-corrected chi connectivity index (χ0v) is 11.1. The van der Waals surface area contributed by atoms with Crippen molar-refractivity contribution in [2.24, 2.45) is 5.73 Å². The van der Waals surface area contributed by atoms with Gasteiger partial charge in [0, 0.05) is 18.7 Å². The van der Waals surface area contributed by atoms with Gasteiger partial charge >= 0.3 is 0 Å². The summed E-state index contributed by atoms with van der Waals surface area (Å²) in [5.74, 6) is 2.03. The van der Waals surface area contributed by atoms with Gasteiger partial charge in [-0.05, 0) is 12.8 Å². The predicted molar refractivity (Wildman–Crippen MR) is 68.0 cm³/mol. The summed E-state index contributed by atoms with van der Waals surface area (Å²) in [6, 6.07) is -0.909. The van der Waals surface area contributed by atoms with E-state index in [0.29, 0.717) is 6.42 Å². The smallest absolute Gasteiger partial charge is 0.237 e. The summed E-state index contributed by atoms with van der Waals surface area (Å²) in [7, 11) is -3.09. The minimum atomic E-state index is -3.09. The maximum absolute atomic E-state index is 11.6. The first-order valence-corrected chi connectivity index (χ1v) is 7.53. The lowest BCUT2D eigenvalue weighted by atomic mass is 10.1. The highest BCUT2D eigenvalue weighted by atomic mass is 32.2. The van der Waals surface area contributed by atoms with Crippen LogP contribution in [0.2, 0.25) is 0 Å². The van der Waals surface area contributed by atoms with E-state index in [1.165, 1.54) is 0 Å². The van der Waals surface area contributed by atoms with Crippen molar-refractivity contribution in [3.8, 4) is 12.3 Å². The maximum atomic E-state index is 11.6. The van der Waals surface area contributed by atoms with Crippen LogP contribution in [0.1, 0.15) is 26.2 Å². The largest absolute Gasteiger partial charge is 0.351 e. The Bertz CT molecular complexity index is 384. The van der Waals surface area contributed by atoms with Gasteiger partial charge < -0.3 is 11.1 Å². The van der Waals surface area contributed by atoms with Crippen molar-refractivity contribution in [1.82, 2.24) is 5.32 Å². The van der Waals surface area contributed by atoms with E-state index in [1.807, 2.05) is 6.92 Å². The molecule has 5 nitrogen and oxygen atoms in total. The molecule has 0 fully saturated rings. The van der Waals surface area contributed by atoms with Crippen molar-refractivity contribution in [2.75, 3.05) is 12.0 Å². The van der Waals surface area contributed by atoms with Crippen LogP contribution in [-0.2, 0) is 14.6 Å². The topological polar surface area (TPSA) is 89.3 Å². The number of sulfone groups is 1. The summed E-state index contributed by atoms with van der Waals surface area (Å²) < 4.78 is 21.9. The SMILES string of the molecule is C#CCC(CC)NC(=O)C(N)CCS(C)(=O)=O. The fourth-order valence-electron chi connectivity index (χ4n) is 1.22. The van der Waals surface area contributed by atoms with Crippen molar-refractivity contribution in [3.63, 3.8) is 0 Å². The van der Waals surface area contributed by atoms with E-state index in [1.54, 1.807) is 0 Å². The molecular weight excluding hydrogens is 240 g/mol. The molecule has 0 aromatic carbocycles. The zero-order chi connectivity index (χ0) is 13.5. The fourth-order valence-corrected chi connectivity index (χ4v) is 1.90. The maximum Gasteiger partial charge on any atom is 0.237 e. The first-order chi connectivity index (χ1) is 7.80. The number of rotatable bonds is 7. The van der Waals surface area contributed by atoms with E-state index >= 15 is 0 Å². The van der Waals surface area contributed by atoms with E-state index in [0.717, 1.165) is 12.7 Å².